The molecule has 0 atom stereocenters. The lowest BCUT2D eigenvalue weighted by Crippen LogP contribution is -1.85. The fourth-order valence-corrected chi connectivity index (χ4v) is 2.41. The Bertz CT molecular complexity index is 362. The van der Waals surface area contributed by atoms with Crippen molar-refractivity contribution < 1.29 is 0 Å². The minimum absolute atomic E-state index is 1.21. The van der Waals surface area contributed by atoms with Crippen LogP contribution in [0.15, 0.2) is 36.5 Å². The van der Waals surface area contributed by atoms with Crippen LogP contribution in [-0.2, 0) is 0 Å². The maximum atomic E-state index is 3.12. The molecule has 1 fully saturated rings. The van der Waals surface area contributed by atoms with Gasteiger partial charge in [0.05, 0.1) is 0 Å². The van der Waals surface area contributed by atoms with Gasteiger partial charge < -0.3 is 4.98 Å². The van der Waals surface area contributed by atoms with E-state index in [0.29, 0.717) is 0 Å². The Balaban J connectivity index is 0.000000128. The third-order valence-electron chi connectivity index (χ3n) is 3.46. The Morgan fingerprint density at radius 3 is 1.71 bits per heavy atom. The van der Waals surface area contributed by atoms with Gasteiger partial charge in [-0.25, -0.2) is 0 Å². The highest BCUT2D eigenvalue weighted by Gasteiger charge is 1.95. The number of hydrogen-bond donors (Lipinski definition) is 1. The van der Waals surface area contributed by atoms with Crippen molar-refractivity contribution in [2.45, 2.75) is 51.4 Å². The number of rotatable bonds is 0. The molecule has 3 rings (SSSR count). The van der Waals surface area contributed by atoms with E-state index in [9.17, 15) is 0 Å². The Kier molecular flexibility index (Phi) is 5.15. The van der Waals surface area contributed by atoms with Gasteiger partial charge in [0.15, 0.2) is 0 Å². The van der Waals surface area contributed by atoms with Crippen LogP contribution in [0.4, 0.5) is 0 Å². The van der Waals surface area contributed by atoms with Crippen LogP contribution in [0.3, 0.4) is 0 Å². The predicted octanol–water partition coefficient (Wildman–Crippen LogP) is 5.29. The fraction of sp³-hybridized carbons (Fsp3) is 0.500. The molecule has 1 aliphatic carbocycles. The Morgan fingerprint density at radius 1 is 0.647 bits per heavy atom. The van der Waals surface area contributed by atoms with Crippen LogP contribution in [-0.4, -0.2) is 4.98 Å². The highest BCUT2D eigenvalue weighted by molar-refractivity contribution is 5.78. The first-order chi connectivity index (χ1) is 8.47. The molecule has 1 heteroatoms. The van der Waals surface area contributed by atoms with Crippen molar-refractivity contribution in [3.05, 3.63) is 36.5 Å². The molecule has 0 spiro atoms. The molecule has 2 aromatic rings. The summed E-state index contributed by atoms with van der Waals surface area (Å²) in [5, 5.41) is 1.28. The second kappa shape index (κ2) is 7.16. The first kappa shape index (κ1) is 12.2. The molecular formula is C16H23N. The summed E-state index contributed by atoms with van der Waals surface area (Å²) in [6, 6.07) is 10.3. The van der Waals surface area contributed by atoms with Crippen LogP contribution < -0.4 is 0 Å². The summed E-state index contributed by atoms with van der Waals surface area (Å²) in [4.78, 5) is 3.12. The molecule has 0 amide bonds. The number of aromatic nitrogens is 1. The molecule has 1 aromatic carbocycles. The van der Waals surface area contributed by atoms with Crippen molar-refractivity contribution in [3.63, 3.8) is 0 Å². The van der Waals surface area contributed by atoms with Crippen molar-refractivity contribution in [2.24, 2.45) is 0 Å². The monoisotopic (exact) mass is 229 g/mol. The third-order valence-corrected chi connectivity index (χ3v) is 3.46. The standard InChI is InChI=1S/C8H7N.C8H16/c1-2-4-8-7(3-1)5-6-9-8;1-2-4-6-8-7-5-3-1/h1-6,9H;1-8H2. The summed E-state index contributed by atoms with van der Waals surface area (Å²) in [6.45, 7) is 0. The van der Waals surface area contributed by atoms with E-state index >= 15 is 0 Å². The lowest BCUT2D eigenvalue weighted by atomic mass is 10.0. The maximum absolute atomic E-state index is 3.12. The van der Waals surface area contributed by atoms with E-state index in [1.165, 1.54) is 62.3 Å². The van der Waals surface area contributed by atoms with Gasteiger partial charge in [0.25, 0.3) is 0 Å². The number of hydrogen-bond acceptors (Lipinski definition) is 0. The highest BCUT2D eigenvalue weighted by atomic mass is 14.6. The largest absolute Gasteiger partial charge is 0.361 e. The van der Waals surface area contributed by atoms with Gasteiger partial charge in [-0.3, -0.25) is 0 Å². The second-order valence-electron chi connectivity index (χ2n) is 4.89. The van der Waals surface area contributed by atoms with Crippen molar-refractivity contribution in [1.29, 1.82) is 0 Å². The molecule has 1 nitrogen and oxygen atoms in total. The Morgan fingerprint density at radius 2 is 1.18 bits per heavy atom. The van der Waals surface area contributed by atoms with Crippen LogP contribution in [0.2, 0.25) is 0 Å². The zero-order chi connectivity index (χ0) is 11.8. The van der Waals surface area contributed by atoms with E-state index in [2.05, 4.69) is 23.2 Å². The molecule has 0 unspecified atom stereocenters. The lowest BCUT2D eigenvalue weighted by molar-refractivity contribution is 0.504. The number of H-pyrrole nitrogens is 1. The van der Waals surface area contributed by atoms with Crippen molar-refractivity contribution in [3.8, 4) is 0 Å². The van der Waals surface area contributed by atoms with Gasteiger partial charge in [0.2, 0.25) is 0 Å². The Hall–Kier alpha value is -1.24. The summed E-state index contributed by atoms with van der Waals surface area (Å²) >= 11 is 0. The number of aromatic amines is 1. The number of nitrogens with one attached hydrogen (secondary N) is 1. The molecule has 1 heterocycles. The fourth-order valence-electron chi connectivity index (χ4n) is 2.41. The third kappa shape index (κ3) is 4.26. The minimum Gasteiger partial charge on any atom is -0.361 e. The SMILES string of the molecule is C1CCCCCCC1.c1ccc2[nH]ccc2c1. The molecular weight excluding hydrogens is 206 g/mol. The first-order valence-corrected chi connectivity index (χ1v) is 6.99. The zero-order valence-corrected chi connectivity index (χ0v) is 10.6. The highest BCUT2D eigenvalue weighted by Crippen LogP contribution is 2.15. The van der Waals surface area contributed by atoms with Crippen LogP contribution in [0.5, 0.6) is 0 Å². The average Bonchev–Trinajstić information content (AvgIpc) is 2.76. The predicted molar refractivity (Wildman–Crippen MR) is 75.2 cm³/mol. The minimum atomic E-state index is 1.21. The van der Waals surface area contributed by atoms with Gasteiger partial charge in [-0.15, -0.1) is 0 Å². The Labute approximate surface area is 104 Å². The summed E-state index contributed by atoms with van der Waals surface area (Å²) < 4.78 is 0. The first-order valence-electron chi connectivity index (χ1n) is 6.99. The molecule has 92 valence electrons. The van der Waals surface area contributed by atoms with Gasteiger partial charge in [0.1, 0.15) is 0 Å². The maximum Gasteiger partial charge on any atom is 0.0453 e. The van der Waals surface area contributed by atoms with E-state index in [0.717, 1.165) is 0 Å². The van der Waals surface area contributed by atoms with Gasteiger partial charge in [-0.05, 0) is 17.5 Å². The quantitative estimate of drug-likeness (QED) is 0.632. The van der Waals surface area contributed by atoms with E-state index in [1.54, 1.807) is 0 Å². The van der Waals surface area contributed by atoms with E-state index in [4.69, 9.17) is 0 Å². The second-order valence-corrected chi connectivity index (χ2v) is 4.89. The molecule has 1 aromatic heterocycles. The van der Waals surface area contributed by atoms with Gasteiger partial charge in [-0.2, -0.15) is 0 Å². The van der Waals surface area contributed by atoms with Crippen molar-refractivity contribution in [2.75, 3.05) is 0 Å². The smallest absolute Gasteiger partial charge is 0.0453 e. The lowest BCUT2D eigenvalue weighted by Gasteiger charge is -2.05. The molecule has 1 aliphatic rings. The summed E-state index contributed by atoms with van der Waals surface area (Å²) in [5.74, 6) is 0. The molecule has 1 N–H and O–H groups in total. The van der Waals surface area contributed by atoms with Crippen LogP contribution in [0.25, 0.3) is 10.9 Å². The van der Waals surface area contributed by atoms with Crippen LogP contribution in [0.1, 0.15) is 51.4 Å². The van der Waals surface area contributed by atoms with Gasteiger partial charge in [-0.1, -0.05) is 69.6 Å². The summed E-state index contributed by atoms with van der Waals surface area (Å²) in [6.07, 6.45) is 13.9. The zero-order valence-electron chi connectivity index (χ0n) is 10.6. The molecule has 17 heavy (non-hydrogen) atoms. The normalized spacial score (nSPS) is 16.7. The molecule has 0 radical (unpaired) electrons. The van der Waals surface area contributed by atoms with Gasteiger partial charge >= 0.3 is 0 Å². The number of benzene rings is 1. The molecule has 0 bridgehead atoms. The van der Waals surface area contributed by atoms with Crippen molar-refractivity contribution >= 4 is 10.9 Å². The average molecular weight is 229 g/mol. The van der Waals surface area contributed by atoms with E-state index in [1.807, 2.05) is 18.3 Å². The number of para-hydroxylation sites is 1. The number of fused-ring (bicyclic) bond motifs is 1. The van der Waals surface area contributed by atoms with Crippen LogP contribution in [0, 0.1) is 0 Å². The molecule has 1 saturated carbocycles. The topological polar surface area (TPSA) is 15.8 Å². The van der Waals surface area contributed by atoms with Gasteiger partial charge in [0, 0.05) is 11.7 Å². The van der Waals surface area contributed by atoms with E-state index in [-0.39, 0.29) is 0 Å². The molecule has 0 saturated heterocycles. The van der Waals surface area contributed by atoms with Crippen molar-refractivity contribution in [1.82, 2.24) is 4.98 Å². The summed E-state index contributed by atoms with van der Waals surface area (Å²) in [5.41, 5.74) is 1.21. The summed E-state index contributed by atoms with van der Waals surface area (Å²) in [7, 11) is 0. The van der Waals surface area contributed by atoms with E-state index < -0.39 is 0 Å². The molecule has 0 aliphatic heterocycles. The van der Waals surface area contributed by atoms with Crippen LogP contribution >= 0.6 is 0 Å².